The summed E-state index contributed by atoms with van der Waals surface area (Å²) in [6, 6.07) is 13.8. The van der Waals surface area contributed by atoms with Crippen molar-refractivity contribution in [1.82, 2.24) is 4.90 Å². The van der Waals surface area contributed by atoms with Crippen LogP contribution in [0.25, 0.3) is 0 Å². The fraction of sp³-hybridized carbons (Fsp3) is 0.333. The maximum absolute atomic E-state index is 12.7. The van der Waals surface area contributed by atoms with E-state index >= 15 is 0 Å². The Morgan fingerprint density at radius 3 is 2.36 bits per heavy atom. The van der Waals surface area contributed by atoms with Gasteiger partial charge >= 0.3 is 0 Å². The van der Waals surface area contributed by atoms with E-state index < -0.39 is 0 Å². The Bertz CT molecular complexity index is 831. The van der Waals surface area contributed by atoms with Crippen molar-refractivity contribution in [2.75, 3.05) is 30.3 Å². The number of morpholine rings is 1. The van der Waals surface area contributed by atoms with Gasteiger partial charge in [0.1, 0.15) is 0 Å². The SMILES string of the molecule is C[C@H]1CN(CC(=O)Nc2ccccc2C(=O)Nc2ccc(Cl)cc2)C[C@H](C)O1. The molecule has 0 aromatic heterocycles. The van der Waals surface area contributed by atoms with Crippen LogP contribution in [0, 0.1) is 0 Å². The molecule has 7 heteroatoms. The van der Waals surface area contributed by atoms with E-state index in [-0.39, 0.29) is 30.6 Å². The summed E-state index contributed by atoms with van der Waals surface area (Å²) in [4.78, 5) is 27.2. The molecule has 3 rings (SSSR count). The lowest BCUT2D eigenvalue weighted by Gasteiger charge is -2.34. The van der Waals surface area contributed by atoms with E-state index in [9.17, 15) is 9.59 Å². The zero-order valence-electron chi connectivity index (χ0n) is 15.9. The van der Waals surface area contributed by atoms with Gasteiger partial charge in [0, 0.05) is 23.8 Å². The molecule has 0 aliphatic carbocycles. The molecule has 0 spiro atoms. The van der Waals surface area contributed by atoms with Gasteiger partial charge in [-0.15, -0.1) is 0 Å². The van der Waals surface area contributed by atoms with Crippen molar-refractivity contribution in [3.8, 4) is 0 Å². The number of ether oxygens (including phenoxy) is 1. The molecule has 2 aromatic carbocycles. The molecule has 0 unspecified atom stereocenters. The van der Waals surface area contributed by atoms with Crippen LogP contribution in [-0.2, 0) is 9.53 Å². The highest BCUT2D eigenvalue weighted by molar-refractivity contribution is 6.30. The van der Waals surface area contributed by atoms with Crippen LogP contribution < -0.4 is 10.6 Å². The topological polar surface area (TPSA) is 70.7 Å². The number of hydrogen-bond acceptors (Lipinski definition) is 4. The smallest absolute Gasteiger partial charge is 0.257 e. The molecule has 2 N–H and O–H groups in total. The quantitative estimate of drug-likeness (QED) is 0.802. The van der Waals surface area contributed by atoms with Crippen LogP contribution in [0.1, 0.15) is 24.2 Å². The first-order valence-corrected chi connectivity index (χ1v) is 9.62. The summed E-state index contributed by atoms with van der Waals surface area (Å²) in [6.07, 6.45) is 0.183. The fourth-order valence-electron chi connectivity index (χ4n) is 3.33. The van der Waals surface area contributed by atoms with Gasteiger partial charge in [0.2, 0.25) is 5.91 Å². The maximum atomic E-state index is 12.7. The summed E-state index contributed by atoms with van der Waals surface area (Å²) in [6.45, 7) is 5.66. The molecule has 0 bridgehead atoms. The minimum atomic E-state index is -0.299. The maximum Gasteiger partial charge on any atom is 0.257 e. The third-order valence-electron chi connectivity index (χ3n) is 4.41. The molecule has 0 saturated carbocycles. The van der Waals surface area contributed by atoms with E-state index in [1.54, 1.807) is 48.5 Å². The molecule has 2 atom stereocenters. The molecular formula is C21H24ClN3O3. The van der Waals surface area contributed by atoms with Crippen LogP contribution in [0.2, 0.25) is 5.02 Å². The molecule has 2 aromatic rings. The van der Waals surface area contributed by atoms with Gasteiger partial charge in [0.05, 0.1) is 30.0 Å². The van der Waals surface area contributed by atoms with Crippen LogP contribution in [0.4, 0.5) is 11.4 Å². The second-order valence-electron chi connectivity index (χ2n) is 7.01. The number of carbonyl (C=O) groups excluding carboxylic acids is 2. The van der Waals surface area contributed by atoms with Crippen molar-refractivity contribution in [2.45, 2.75) is 26.1 Å². The predicted molar refractivity (Wildman–Crippen MR) is 111 cm³/mol. The van der Waals surface area contributed by atoms with Crippen molar-refractivity contribution in [1.29, 1.82) is 0 Å². The number of nitrogens with one attached hydrogen (secondary N) is 2. The average Bonchev–Trinajstić information content (AvgIpc) is 2.63. The number of rotatable bonds is 5. The Morgan fingerprint density at radius 1 is 1.04 bits per heavy atom. The lowest BCUT2D eigenvalue weighted by atomic mass is 10.1. The van der Waals surface area contributed by atoms with Crippen LogP contribution in [0.3, 0.4) is 0 Å². The van der Waals surface area contributed by atoms with Gasteiger partial charge in [-0.3, -0.25) is 14.5 Å². The predicted octanol–water partition coefficient (Wildman–Crippen LogP) is 3.64. The van der Waals surface area contributed by atoms with Gasteiger partial charge < -0.3 is 15.4 Å². The minimum absolute atomic E-state index is 0.0917. The fourth-order valence-corrected chi connectivity index (χ4v) is 3.45. The number of halogens is 1. The van der Waals surface area contributed by atoms with Crippen molar-refractivity contribution < 1.29 is 14.3 Å². The molecule has 1 aliphatic rings. The summed E-state index contributed by atoms with van der Waals surface area (Å²) in [5.41, 5.74) is 1.51. The minimum Gasteiger partial charge on any atom is -0.373 e. The second kappa shape index (κ2) is 9.19. The number of nitrogens with zero attached hydrogens (tertiary/aromatic N) is 1. The van der Waals surface area contributed by atoms with Gasteiger partial charge in [0.15, 0.2) is 0 Å². The molecule has 6 nitrogen and oxygen atoms in total. The Hall–Kier alpha value is -2.41. The summed E-state index contributed by atoms with van der Waals surface area (Å²) in [7, 11) is 0. The highest BCUT2D eigenvalue weighted by Crippen LogP contribution is 2.19. The standard InChI is InChI=1S/C21H24ClN3O3/c1-14-11-25(12-15(2)28-14)13-20(26)24-19-6-4-3-5-18(19)21(27)23-17-9-7-16(22)8-10-17/h3-10,14-15H,11-13H2,1-2H3,(H,23,27)(H,24,26)/t14-,15-/m0/s1. The van der Waals surface area contributed by atoms with Crippen LogP contribution in [0.15, 0.2) is 48.5 Å². The van der Waals surface area contributed by atoms with E-state index in [2.05, 4.69) is 15.5 Å². The van der Waals surface area contributed by atoms with Gasteiger partial charge in [-0.2, -0.15) is 0 Å². The largest absolute Gasteiger partial charge is 0.373 e. The van der Waals surface area contributed by atoms with Crippen molar-refractivity contribution in [2.24, 2.45) is 0 Å². The number of carbonyl (C=O) groups is 2. The second-order valence-corrected chi connectivity index (χ2v) is 7.44. The number of amides is 2. The molecule has 1 aliphatic heterocycles. The van der Waals surface area contributed by atoms with Gasteiger partial charge in [-0.25, -0.2) is 0 Å². The molecule has 1 saturated heterocycles. The Balaban J connectivity index is 1.65. The van der Waals surface area contributed by atoms with E-state index in [1.165, 1.54) is 0 Å². The normalized spacial score (nSPS) is 19.8. The van der Waals surface area contributed by atoms with Crippen molar-refractivity contribution in [3.05, 3.63) is 59.1 Å². The molecule has 2 amide bonds. The van der Waals surface area contributed by atoms with E-state index in [0.29, 0.717) is 35.1 Å². The molecule has 0 radical (unpaired) electrons. The molecule has 1 heterocycles. The van der Waals surface area contributed by atoms with E-state index in [4.69, 9.17) is 16.3 Å². The van der Waals surface area contributed by atoms with Gasteiger partial charge in [-0.05, 0) is 50.2 Å². The first-order valence-electron chi connectivity index (χ1n) is 9.24. The van der Waals surface area contributed by atoms with Crippen molar-refractivity contribution in [3.63, 3.8) is 0 Å². The number of anilines is 2. The Morgan fingerprint density at radius 2 is 1.68 bits per heavy atom. The third-order valence-corrected chi connectivity index (χ3v) is 4.66. The summed E-state index contributed by atoms with van der Waals surface area (Å²) in [5, 5.41) is 6.27. The van der Waals surface area contributed by atoms with Crippen LogP contribution in [0.5, 0.6) is 0 Å². The van der Waals surface area contributed by atoms with Crippen LogP contribution >= 0.6 is 11.6 Å². The monoisotopic (exact) mass is 401 g/mol. The summed E-state index contributed by atoms with van der Waals surface area (Å²) < 4.78 is 5.70. The lowest BCUT2D eigenvalue weighted by molar-refractivity contribution is -0.121. The number of para-hydroxylation sites is 1. The highest BCUT2D eigenvalue weighted by atomic mass is 35.5. The molecule has 28 heavy (non-hydrogen) atoms. The molecule has 1 fully saturated rings. The summed E-state index contributed by atoms with van der Waals surface area (Å²) in [5.74, 6) is -0.458. The van der Waals surface area contributed by atoms with E-state index in [0.717, 1.165) is 0 Å². The third kappa shape index (κ3) is 5.55. The van der Waals surface area contributed by atoms with E-state index in [1.807, 2.05) is 13.8 Å². The summed E-state index contributed by atoms with van der Waals surface area (Å²) >= 11 is 5.87. The Kier molecular flexibility index (Phi) is 6.67. The highest BCUT2D eigenvalue weighted by Gasteiger charge is 2.24. The first kappa shape index (κ1) is 20.3. The molecular weight excluding hydrogens is 378 g/mol. The number of benzene rings is 2. The van der Waals surface area contributed by atoms with Gasteiger partial charge in [0.25, 0.3) is 5.91 Å². The lowest BCUT2D eigenvalue weighted by Crippen LogP contribution is -2.48. The zero-order chi connectivity index (χ0) is 20.1. The van der Waals surface area contributed by atoms with Gasteiger partial charge in [-0.1, -0.05) is 23.7 Å². The van der Waals surface area contributed by atoms with Crippen LogP contribution in [-0.4, -0.2) is 48.6 Å². The van der Waals surface area contributed by atoms with Crippen molar-refractivity contribution >= 4 is 34.8 Å². The average molecular weight is 402 g/mol. The number of hydrogen-bond donors (Lipinski definition) is 2. The zero-order valence-corrected chi connectivity index (χ0v) is 16.7. The molecule has 148 valence electrons. The Labute approximate surface area is 169 Å². The first-order chi connectivity index (χ1) is 13.4.